The van der Waals surface area contributed by atoms with E-state index < -0.39 is 0 Å². The molecular formula is C9H10O. The Hall–Kier alpha value is -0.980. The number of hydrogen-bond acceptors (Lipinski definition) is 1. The summed E-state index contributed by atoms with van der Waals surface area (Å²) >= 11 is 0. The summed E-state index contributed by atoms with van der Waals surface area (Å²) in [5.74, 6) is 0.817. The second kappa shape index (κ2) is 3.25. The summed E-state index contributed by atoms with van der Waals surface area (Å²) in [4.78, 5) is 0. The summed E-state index contributed by atoms with van der Waals surface area (Å²) in [5.41, 5.74) is 0. The molecular weight excluding hydrogens is 124 g/mol. The third kappa shape index (κ3) is 2.09. The van der Waals surface area contributed by atoms with Crippen molar-refractivity contribution in [3.8, 4) is 5.75 Å². The van der Waals surface area contributed by atoms with Crippen molar-refractivity contribution in [2.45, 2.75) is 6.10 Å². The second-order valence-corrected chi connectivity index (χ2v) is 2.05. The maximum absolute atomic E-state index is 5.19. The van der Waals surface area contributed by atoms with Gasteiger partial charge in [0.05, 0.1) is 6.10 Å². The van der Waals surface area contributed by atoms with Crippen LogP contribution in [0, 0.1) is 13.8 Å². The lowest BCUT2D eigenvalue weighted by Crippen LogP contribution is -2.05. The summed E-state index contributed by atoms with van der Waals surface area (Å²) < 4.78 is 5.19. The predicted octanol–water partition coefficient (Wildman–Crippen LogP) is 2.10. The van der Waals surface area contributed by atoms with Crippen LogP contribution in [0.25, 0.3) is 0 Å². The molecule has 2 radical (unpaired) electrons. The van der Waals surface area contributed by atoms with Crippen LogP contribution in [0.5, 0.6) is 5.75 Å². The molecule has 0 atom stereocenters. The fraction of sp³-hybridized carbons (Fsp3) is 0.111. The van der Waals surface area contributed by atoms with Gasteiger partial charge in [-0.05, 0) is 26.0 Å². The molecule has 0 spiro atoms. The highest BCUT2D eigenvalue weighted by Gasteiger charge is 1.93. The smallest absolute Gasteiger partial charge is 0.119 e. The first-order valence-electron chi connectivity index (χ1n) is 3.17. The highest BCUT2D eigenvalue weighted by molar-refractivity contribution is 5.21. The molecule has 0 aliphatic rings. The summed E-state index contributed by atoms with van der Waals surface area (Å²) in [6.45, 7) is 7.20. The van der Waals surface area contributed by atoms with Crippen molar-refractivity contribution in [1.29, 1.82) is 0 Å². The van der Waals surface area contributed by atoms with E-state index in [-0.39, 0.29) is 6.10 Å². The van der Waals surface area contributed by atoms with Crippen molar-refractivity contribution in [3.63, 3.8) is 0 Å². The van der Waals surface area contributed by atoms with Crippen molar-refractivity contribution in [3.05, 3.63) is 44.2 Å². The molecule has 10 heavy (non-hydrogen) atoms. The molecule has 1 aromatic carbocycles. The van der Waals surface area contributed by atoms with Crippen molar-refractivity contribution >= 4 is 0 Å². The first kappa shape index (κ1) is 7.13. The third-order valence-corrected chi connectivity index (χ3v) is 1.05. The predicted molar refractivity (Wildman–Crippen MR) is 41.6 cm³/mol. The molecule has 0 N–H and O–H groups in total. The molecule has 1 aromatic rings. The van der Waals surface area contributed by atoms with E-state index in [1.54, 1.807) is 0 Å². The Kier molecular flexibility index (Phi) is 2.32. The van der Waals surface area contributed by atoms with Crippen LogP contribution in [0.4, 0.5) is 0 Å². The van der Waals surface area contributed by atoms with Crippen LogP contribution in [0.2, 0.25) is 0 Å². The molecule has 0 aliphatic heterocycles. The standard InChI is InChI=1S/C9H10O/c1-8(2)10-9-6-4-3-5-7-9/h3-8H,1-2H2. The first-order chi connectivity index (χ1) is 4.79. The van der Waals surface area contributed by atoms with Gasteiger partial charge in [0.25, 0.3) is 0 Å². The van der Waals surface area contributed by atoms with Crippen LogP contribution >= 0.6 is 0 Å². The van der Waals surface area contributed by atoms with Gasteiger partial charge in [0, 0.05) is 0 Å². The molecule has 52 valence electrons. The highest BCUT2D eigenvalue weighted by Crippen LogP contribution is 2.09. The lowest BCUT2D eigenvalue weighted by molar-refractivity contribution is 0.292. The number of benzene rings is 1. The van der Waals surface area contributed by atoms with Crippen LogP contribution in [-0.4, -0.2) is 6.10 Å². The Balaban J connectivity index is 2.59. The number of para-hydroxylation sites is 1. The Bertz CT molecular complexity index is 179. The van der Waals surface area contributed by atoms with E-state index in [4.69, 9.17) is 4.74 Å². The molecule has 0 heterocycles. The minimum absolute atomic E-state index is 0.234. The van der Waals surface area contributed by atoms with E-state index in [2.05, 4.69) is 13.8 Å². The Morgan fingerprint density at radius 3 is 2.20 bits per heavy atom. The van der Waals surface area contributed by atoms with Crippen molar-refractivity contribution < 1.29 is 4.74 Å². The average molecular weight is 134 g/mol. The molecule has 0 amide bonds. The van der Waals surface area contributed by atoms with Gasteiger partial charge >= 0.3 is 0 Å². The molecule has 0 aromatic heterocycles. The normalized spacial score (nSPS) is 9.90. The molecule has 0 unspecified atom stereocenters. The highest BCUT2D eigenvalue weighted by atomic mass is 16.5. The van der Waals surface area contributed by atoms with Gasteiger partial charge in [-0.1, -0.05) is 18.2 Å². The molecule has 0 bridgehead atoms. The van der Waals surface area contributed by atoms with Crippen LogP contribution in [-0.2, 0) is 0 Å². The Morgan fingerprint density at radius 1 is 1.10 bits per heavy atom. The SMILES string of the molecule is [CH2]C([CH2])Oc1ccccc1. The van der Waals surface area contributed by atoms with Crippen molar-refractivity contribution in [2.75, 3.05) is 0 Å². The first-order valence-corrected chi connectivity index (χ1v) is 3.17. The summed E-state index contributed by atoms with van der Waals surface area (Å²) in [6.07, 6.45) is -0.234. The minimum Gasteiger partial charge on any atom is -0.490 e. The van der Waals surface area contributed by atoms with E-state index in [0.717, 1.165) is 5.75 Å². The number of rotatable bonds is 2. The summed E-state index contributed by atoms with van der Waals surface area (Å²) in [7, 11) is 0. The maximum Gasteiger partial charge on any atom is 0.119 e. The summed E-state index contributed by atoms with van der Waals surface area (Å²) in [6, 6.07) is 9.52. The molecule has 0 saturated carbocycles. The van der Waals surface area contributed by atoms with E-state index in [1.807, 2.05) is 30.3 Å². The van der Waals surface area contributed by atoms with E-state index in [9.17, 15) is 0 Å². The Morgan fingerprint density at radius 2 is 1.70 bits per heavy atom. The van der Waals surface area contributed by atoms with E-state index in [0.29, 0.717) is 0 Å². The third-order valence-electron chi connectivity index (χ3n) is 1.05. The van der Waals surface area contributed by atoms with Gasteiger partial charge in [0.15, 0.2) is 0 Å². The van der Waals surface area contributed by atoms with Gasteiger partial charge < -0.3 is 4.74 Å². The molecule has 0 fully saturated rings. The zero-order valence-electron chi connectivity index (χ0n) is 5.79. The van der Waals surface area contributed by atoms with Crippen LogP contribution < -0.4 is 4.74 Å². The fourth-order valence-corrected chi connectivity index (χ4v) is 0.692. The van der Waals surface area contributed by atoms with Crippen LogP contribution in [0.15, 0.2) is 30.3 Å². The summed E-state index contributed by atoms with van der Waals surface area (Å²) in [5, 5.41) is 0. The van der Waals surface area contributed by atoms with Gasteiger partial charge in [-0.15, -0.1) is 0 Å². The van der Waals surface area contributed by atoms with E-state index in [1.165, 1.54) is 0 Å². The molecule has 0 saturated heterocycles. The minimum atomic E-state index is -0.234. The second-order valence-electron chi connectivity index (χ2n) is 2.05. The monoisotopic (exact) mass is 134 g/mol. The molecule has 0 aliphatic carbocycles. The van der Waals surface area contributed by atoms with E-state index >= 15 is 0 Å². The zero-order chi connectivity index (χ0) is 7.40. The lowest BCUT2D eigenvalue weighted by atomic mass is 10.3. The van der Waals surface area contributed by atoms with Crippen molar-refractivity contribution in [2.24, 2.45) is 0 Å². The fourth-order valence-electron chi connectivity index (χ4n) is 0.692. The average Bonchev–Trinajstić information content (AvgIpc) is 1.88. The van der Waals surface area contributed by atoms with Gasteiger partial charge in [-0.25, -0.2) is 0 Å². The quantitative estimate of drug-likeness (QED) is 0.601. The van der Waals surface area contributed by atoms with Gasteiger partial charge in [0.1, 0.15) is 5.75 Å². The number of hydrogen-bond donors (Lipinski definition) is 0. The largest absolute Gasteiger partial charge is 0.490 e. The zero-order valence-corrected chi connectivity index (χ0v) is 5.79. The maximum atomic E-state index is 5.19. The van der Waals surface area contributed by atoms with Gasteiger partial charge in [0.2, 0.25) is 0 Å². The molecule has 1 heteroatoms. The topological polar surface area (TPSA) is 9.23 Å². The number of ether oxygens (including phenoxy) is 1. The molecule has 1 rings (SSSR count). The Labute approximate surface area is 61.6 Å². The lowest BCUT2D eigenvalue weighted by Gasteiger charge is -2.07. The van der Waals surface area contributed by atoms with Crippen molar-refractivity contribution in [1.82, 2.24) is 0 Å². The van der Waals surface area contributed by atoms with Crippen LogP contribution in [0.3, 0.4) is 0 Å². The molecule has 1 nitrogen and oxygen atoms in total. The van der Waals surface area contributed by atoms with Gasteiger partial charge in [-0.3, -0.25) is 0 Å². The van der Waals surface area contributed by atoms with Crippen LogP contribution in [0.1, 0.15) is 0 Å². The van der Waals surface area contributed by atoms with Gasteiger partial charge in [-0.2, -0.15) is 0 Å².